The van der Waals surface area contributed by atoms with Crippen molar-refractivity contribution in [2.75, 3.05) is 0 Å². The normalized spacial score (nSPS) is 24.4. The van der Waals surface area contributed by atoms with Crippen molar-refractivity contribution < 1.29 is 38.4 Å². The Bertz CT molecular complexity index is 1100. The van der Waals surface area contributed by atoms with Crippen LogP contribution in [0.1, 0.15) is 39.7 Å². The van der Waals surface area contributed by atoms with Gasteiger partial charge in [0.15, 0.2) is 5.78 Å². The Balaban J connectivity index is 2.11. The molecule has 168 valence electrons. The molecule has 32 heavy (non-hydrogen) atoms. The van der Waals surface area contributed by atoms with Gasteiger partial charge in [0.05, 0.1) is 22.6 Å². The maximum atomic E-state index is 12.4. The number of ketones is 1. The summed E-state index contributed by atoms with van der Waals surface area (Å²) in [6.07, 6.45) is -0.190. The Morgan fingerprint density at radius 3 is 2.22 bits per heavy atom. The summed E-state index contributed by atoms with van der Waals surface area (Å²) in [7, 11) is 0. The van der Waals surface area contributed by atoms with Crippen LogP contribution in [-0.4, -0.2) is 39.9 Å². The van der Waals surface area contributed by atoms with Crippen molar-refractivity contribution >= 4 is 29.1 Å². The van der Waals surface area contributed by atoms with E-state index in [1.807, 2.05) is 0 Å². The maximum Gasteiger partial charge on any atom is 0.314 e. The van der Waals surface area contributed by atoms with Crippen LogP contribution in [0, 0.1) is 10.1 Å². The van der Waals surface area contributed by atoms with E-state index in [0.717, 1.165) is 13.8 Å². The van der Waals surface area contributed by atoms with E-state index in [-0.39, 0.29) is 34.7 Å². The summed E-state index contributed by atoms with van der Waals surface area (Å²) in [6, 6.07) is 5.49. The maximum absolute atomic E-state index is 12.4. The molecule has 0 fully saturated rings. The Hall–Kier alpha value is -4.02. The number of allylic oxidation sites excluding steroid dienone is 1. The monoisotopic (exact) mass is 444 g/mol. The summed E-state index contributed by atoms with van der Waals surface area (Å²) in [6.45, 7) is 8.60. The second kappa shape index (κ2) is 7.91. The number of Topliss-reactive ketones (excluding diaryl/α,β-unsaturated/α-hetero) is 1. The first-order chi connectivity index (χ1) is 14.9. The quantitative estimate of drug-likeness (QED) is 0.367. The largest absolute Gasteiger partial charge is 0.448 e. The number of rotatable bonds is 6. The lowest BCUT2D eigenvalue weighted by molar-refractivity contribution is -0.384. The van der Waals surface area contributed by atoms with E-state index < -0.39 is 34.2 Å². The molecule has 0 bridgehead atoms. The zero-order valence-corrected chi connectivity index (χ0v) is 17.8. The number of carbonyl (C=O) groups excluding carboxylic acids is 3. The molecule has 0 aliphatic carbocycles. The molecule has 0 saturated carbocycles. The van der Waals surface area contributed by atoms with E-state index in [1.165, 1.54) is 38.1 Å². The number of nitrogens with zero attached hydrogens (tertiary/aromatic N) is 2. The van der Waals surface area contributed by atoms with E-state index in [4.69, 9.17) is 19.0 Å². The van der Waals surface area contributed by atoms with Crippen LogP contribution in [0.2, 0.25) is 0 Å². The molecule has 3 rings (SSSR count). The molecule has 2 heterocycles. The minimum Gasteiger partial charge on any atom is -0.448 e. The lowest BCUT2D eigenvalue weighted by atomic mass is 9.88. The molecule has 11 nitrogen and oxygen atoms in total. The van der Waals surface area contributed by atoms with Crippen molar-refractivity contribution in [3.63, 3.8) is 0 Å². The summed E-state index contributed by atoms with van der Waals surface area (Å²) >= 11 is 0. The first kappa shape index (κ1) is 22.7. The zero-order chi connectivity index (χ0) is 23.8. The van der Waals surface area contributed by atoms with Gasteiger partial charge in [0.2, 0.25) is 0 Å². The van der Waals surface area contributed by atoms with E-state index in [0.29, 0.717) is 5.56 Å². The first-order valence-corrected chi connectivity index (χ1v) is 9.42. The van der Waals surface area contributed by atoms with Gasteiger partial charge in [-0.3, -0.25) is 24.5 Å². The van der Waals surface area contributed by atoms with Gasteiger partial charge in [-0.1, -0.05) is 11.7 Å². The standard InChI is InChI=1S/C21H20N2O9/c1-11(24)18-12(2)29-20(5,30-13(3)25)19(18)21(31-14(4)26)10-17(22-32-21)15-6-8-16(9-7-15)23(27)28/h6-9H,2,10H2,1,3-5H3. The third kappa shape index (κ3) is 3.96. The number of nitro groups is 1. The van der Waals surface area contributed by atoms with Crippen LogP contribution in [0.4, 0.5) is 5.69 Å². The zero-order valence-electron chi connectivity index (χ0n) is 17.8. The van der Waals surface area contributed by atoms with Gasteiger partial charge in [0.1, 0.15) is 11.3 Å². The lowest BCUT2D eigenvalue weighted by Crippen LogP contribution is -2.48. The average Bonchev–Trinajstić information content (AvgIpc) is 3.19. The second-order valence-corrected chi connectivity index (χ2v) is 7.33. The number of oxime groups is 1. The fourth-order valence-corrected chi connectivity index (χ4v) is 3.77. The van der Waals surface area contributed by atoms with Crippen LogP contribution in [0.5, 0.6) is 0 Å². The van der Waals surface area contributed by atoms with Gasteiger partial charge in [-0.25, -0.2) is 0 Å². The van der Waals surface area contributed by atoms with Crippen molar-refractivity contribution in [3.8, 4) is 0 Å². The van der Waals surface area contributed by atoms with Gasteiger partial charge < -0.3 is 19.0 Å². The number of nitro benzene ring substituents is 1. The van der Waals surface area contributed by atoms with E-state index in [9.17, 15) is 24.5 Å². The molecular weight excluding hydrogens is 424 g/mol. The fraction of sp³-hybridized carbons (Fsp3) is 0.333. The Morgan fingerprint density at radius 2 is 1.72 bits per heavy atom. The highest BCUT2D eigenvalue weighted by Gasteiger charge is 2.61. The summed E-state index contributed by atoms with van der Waals surface area (Å²) < 4.78 is 16.4. The Kier molecular flexibility index (Phi) is 5.60. The van der Waals surface area contributed by atoms with Gasteiger partial charge in [0, 0.05) is 38.5 Å². The smallest absolute Gasteiger partial charge is 0.314 e. The van der Waals surface area contributed by atoms with Crippen molar-refractivity contribution in [2.45, 2.75) is 45.7 Å². The fourth-order valence-electron chi connectivity index (χ4n) is 3.77. The molecular formula is C21H20N2O9. The molecule has 1 aromatic rings. The molecule has 2 unspecified atom stereocenters. The molecule has 2 aliphatic heterocycles. The van der Waals surface area contributed by atoms with Gasteiger partial charge >= 0.3 is 17.7 Å². The van der Waals surface area contributed by atoms with Crippen LogP contribution in [0.15, 0.2) is 52.9 Å². The molecule has 11 heteroatoms. The number of hydrogen-bond acceptors (Lipinski definition) is 10. The van der Waals surface area contributed by atoms with E-state index >= 15 is 0 Å². The highest BCUT2D eigenvalue weighted by Crippen LogP contribution is 2.50. The van der Waals surface area contributed by atoms with Crippen molar-refractivity contribution in [1.29, 1.82) is 0 Å². The Morgan fingerprint density at radius 1 is 1.12 bits per heavy atom. The predicted molar refractivity (Wildman–Crippen MR) is 108 cm³/mol. The topological polar surface area (TPSA) is 144 Å². The molecule has 1 aromatic carbocycles. The van der Waals surface area contributed by atoms with E-state index in [1.54, 1.807) is 0 Å². The number of hydrogen-bond donors (Lipinski definition) is 0. The van der Waals surface area contributed by atoms with Crippen molar-refractivity contribution in [1.82, 2.24) is 0 Å². The summed E-state index contributed by atoms with van der Waals surface area (Å²) in [5.41, 5.74) is 0.480. The van der Waals surface area contributed by atoms with Gasteiger partial charge in [-0.15, -0.1) is 0 Å². The number of ether oxygens (including phenoxy) is 3. The molecule has 0 N–H and O–H groups in total. The summed E-state index contributed by atoms with van der Waals surface area (Å²) in [4.78, 5) is 52.2. The highest BCUT2D eigenvalue weighted by atomic mass is 16.8. The second-order valence-electron chi connectivity index (χ2n) is 7.33. The summed E-state index contributed by atoms with van der Waals surface area (Å²) in [5, 5.41) is 14.9. The molecule has 0 saturated heterocycles. The van der Waals surface area contributed by atoms with Crippen LogP contribution < -0.4 is 0 Å². The predicted octanol–water partition coefficient (Wildman–Crippen LogP) is 2.69. The number of esters is 2. The van der Waals surface area contributed by atoms with Crippen LogP contribution in [0.25, 0.3) is 0 Å². The third-order valence-corrected chi connectivity index (χ3v) is 4.80. The molecule has 0 amide bonds. The molecule has 2 aliphatic rings. The van der Waals surface area contributed by atoms with Crippen LogP contribution in [-0.2, 0) is 33.4 Å². The van der Waals surface area contributed by atoms with Gasteiger partial charge in [0.25, 0.3) is 11.5 Å². The Labute approximate surface area is 182 Å². The van der Waals surface area contributed by atoms with Gasteiger partial charge in [-0.2, -0.15) is 0 Å². The van der Waals surface area contributed by atoms with Crippen molar-refractivity contribution in [3.05, 3.63) is 63.4 Å². The highest BCUT2D eigenvalue weighted by molar-refractivity contribution is 6.03. The van der Waals surface area contributed by atoms with Gasteiger partial charge in [-0.05, 0) is 19.1 Å². The average molecular weight is 444 g/mol. The SMILES string of the molecule is C=C1OC(C)(OC(C)=O)C(C2(OC(C)=O)CC(c3ccc([N+](=O)[O-])cc3)=NO2)=C1C(C)=O. The van der Waals surface area contributed by atoms with E-state index in [2.05, 4.69) is 11.7 Å². The van der Waals surface area contributed by atoms with Crippen molar-refractivity contribution in [2.24, 2.45) is 5.16 Å². The molecule has 0 spiro atoms. The molecule has 2 atom stereocenters. The molecule has 0 aromatic heterocycles. The minimum atomic E-state index is -1.98. The van der Waals surface area contributed by atoms with Crippen LogP contribution in [0.3, 0.4) is 0 Å². The minimum absolute atomic E-state index is 0.0600. The number of benzene rings is 1. The third-order valence-electron chi connectivity index (χ3n) is 4.80. The number of non-ortho nitro benzene ring substituents is 1. The number of carbonyl (C=O) groups is 3. The molecule has 0 radical (unpaired) electrons. The first-order valence-electron chi connectivity index (χ1n) is 9.42. The lowest BCUT2D eigenvalue weighted by Gasteiger charge is -2.35. The summed E-state index contributed by atoms with van der Waals surface area (Å²) in [5.74, 6) is -5.90. The van der Waals surface area contributed by atoms with Crippen LogP contribution >= 0.6 is 0 Å².